The van der Waals surface area contributed by atoms with Crippen molar-refractivity contribution in [2.45, 2.75) is 13.3 Å². The van der Waals surface area contributed by atoms with Gasteiger partial charge in [-0.1, -0.05) is 40.2 Å². The van der Waals surface area contributed by atoms with Crippen molar-refractivity contribution in [2.75, 3.05) is 0 Å². The average molecular weight is 306 g/mol. The molecule has 2 aromatic rings. The van der Waals surface area contributed by atoms with Crippen LogP contribution in [0, 0.1) is 17.0 Å². The van der Waals surface area contributed by atoms with E-state index < -0.39 is 0 Å². The Morgan fingerprint density at radius 1 is 1.17 bits per heavy atom. The first kappa shape index (κ1) is 12.8. The van der Waals surface area contributed by atoms with Crippen LogP contribution in [-0.4, -0.2) is 4.92 Å². The van der Waals surface area contributed by atoms with Gasteiger partial charge in [-0.15, -0.1) is 0 Å². The molecule has 0 bridgehead atoms. The van der Waals surface area contributed by atoms with Gasteiger partial charge in [-0.3, -0.25) is 10.1 Å². The van der Waals surface area contributed by atoms with E-state index >= 15 is 0 Å². The minimum Gasteiger partial charge on any atom is -0.258 e. The Hall–Kier alpha value is -1.68. The molecule has 0 atom stereocenters. The smallest absolute Gasteiger partial charge is 0.258 e. The Morgan fingerprint density at radius 3 is 2.39 bits per heavy atom. The van der Waals surface area contributed by atoms with E-state index in [2.05, 4.69) is 34.1 Å². The van der Waals surface area contributed by atoms with Crippen molar-refractivity contribution in [2.24, 2.45) is 0 Å². The lowest BCUT2D eigenvalue weighted by molar-refractivity contribution is -0.384. The second kappa shape index (κ2) is 5.31. The molecule has 0 spiro atoms. The number of halogens is 1. The summed E-state index contributed by atoms with van der Waals surface area (Å²) in [5.74, 6) is 0. The van der Waals surface area contributed by atoms with Gasteiger partial charge in [0.05, 0.1) is 4.92 Å². The minimum absolute atomic E-state index is 0.127. The predicted octanol–water partition coefficient (Wildman–Crippen LogP) is 4.26. The Balaban J connectivity index is 2.21. The van der Waals surface area contributed by atoms with Crippen molar-refractivity contribution in [3.05, 3.63) is 73.7 Å². The third-order valence-electron chi connectivity index (χ3n) is 2.75. The van der Waals surface area contributed by atoms with Gasteiger partial charge in [0.25, 0.3) is 5.69 Å². The van der Waals surface area contributed by atoms with Crippen molar-refractivity contribution in [3.8, 4) is 0 Å². The third-order valence-corrected chi connectivity index (χ3v) is 3.49. The number of hydrogen-bond acceptors (Lipinski definition) is 2. The summed E-state index contributed by atoms with van der Waals surface area (Å²) >= 11 is 3.53. The maximum atomic E-state index is 10.6. The first-order valence-corrected chi connectivity index (χ1v) is 6.34. The van der Waals surface area contributed by atoms with E-state index in [9.17, 15) is 10.1 Å². The van der Waals surface area contributed by atoms with Gasteiger partial charge in [-0.25, -0.2) is 0 Å². The van der Waals surface area contributed by atoms with E-state index in [-0.39, 0.29) is 10.6 Å². The van der Waals surface area contributed by atoms with Crippen molar-refractivity contribution in [1.82, 2.24) is 0 Å². The number of hydrogen-bond donors (Lipinski definition) is 0. The predicted molar refractivity (Wildman–Crippen MR) is 74.8 cm³/mol. The molecule has 0 aliphatic carbocycles. The monoisotopic (exact) mass is 305 g/mol. The Labute approximate surface area is 114 Å². The van der Waals surface area contributed by atoms with E-state index in [0.717, 1.165) is 16.5 Å². The molecule has 0 N–H and O–H groups in total. The van der Waals surface area contributed by atoms with E-state index in [1.165, 1.54) is 23.3 Å². The van der Waals surface area contributed by atoms with Crippen LogP contribution in [0.5, 0.6) is 0 Å². The first-order chi connectivity index (χ1) is 8.56. The molecule has 3 nitrogen and oxygen atoms in total. The van der Waals surface area contributed by atoms with Crippen molar-refractivity contribution < 1.29 is 4.92 Å². The van der Waals surface area contributed by atoms with Crippen molar-refractivity contribution in [3.63, 3.8) is 0 Å². The van der Waals surface area contributed by atoms with E-state index in [0.29, 0.717) is 0 Å². The summed E-state index contributed by atoms with van der Waals surface area (Å²) < 4.78 is 1.07. The summed E-state index contributed by atoms with van der Waals surface area (Å²) in [6.07, 6.45) is 0.763. The van der Waals surface area contributed by atoms with E-state index in [4.69, 9.17) is 0 Å². The number of nitro benzene ring substituents is 1. The van der Waals surface area contributed by atoms with Crippen LogP contribution in [0.25, 0.3) is 0 Å². The zero-order chi connectivity index (χ0) is 13.1. The summed E-state index contributed by atoms with van der Waals surface area (Å²) in [5, 5.41) is 10.6. The fourth-order valence-electron chi connectivity index (χ4n) is 1.75. The lowest BCUT2D eigenvalue weighted by Crippen LogP contribution is -1.92. The molecule has 2 aromatic carbocycles. The lowest BCUT2D eigenvalue weighted by atomic mass is 10.0. The second-order valence-electron chi connectivity index (χ2n) is 4.20. The Bertz CT molecular complexity index is 579. The third kappa shape index (κ3) is 2.96. The molecule has 0 fully saturated rings. The van der Waals surface area contributed by atoms with Gasteiger partial charge in [-0.05, 0) is 36.1 Å². The molecule has 92 valence electrons. The van der Waals surface area contributed by atoms with Crippen molar-refractivity contribution >= 4 is 21.6 Å². The molecule has 0 saturated carbocycles. The van der Waals surface area contributed by atoms with Gasteiger partial charge in [-0.2, -0.15) is 0 Å². The quantitative estimate of drug-likeness (QED) is 0.628. The van der Waals surface area contributed by atoms with Crippen LogP contribution in [0.4, 0.5) is 5.69 Å². The lowest BCUT2D eigenvalue weighted by Gasteiger charge is -2.05. The molecule has 0 aromatic heterocycles. The molecule has 18 heavy (non-hydrogen) atoms. The summed E-state index contributed by atoms with van der Waals surface area (Å²) in [4.78, 5) is 10.2. The SMILES string of the molecule is Cc1ccc(Cc2ccc([N+](=O)[O-])cc2)c(Br)c1. The maximum absolute atomic E-state index is 10.6. The van der Waals surface area contributed by atoms with Crippen LogP contribution in [0.2, 0.25) is 0 Å². The van der Waals surface area contributed by atoms with Gasteiger partial charge < -0.3 is 0 Å². The second-order valence-corrected chi connectivity index (χ2v) is 5.05. The molecule has 0 aliphatic rings. The Morgan fingerprint density at radius 2 is 1.83 bits per heavy atom. The van der Waals surface area contributed by atoms with Crippen LogP contribution in [0.15, 0.2) is 46.9 Å². The molecule has 2 rings (SSSR count). The molecule has 0 heterocycles. The van der Waals surface area contributed by atoms with E-state index in [1.54, 1.807) is 12.1 Å². The number of nitrogens with zero attached hydrogens (tertiary/aromatic N) is 1. The standard InChI is InChI=1S/C14H12BrNO2/c1-10-2-5-12(14(15)8-10)9-11-3-6-13(7-4-11)16(17)18/h2-8H,9H2,1H3. The number of benzene rings is 2. The maximum Gasteiger partial charge on any atom is 0.269 e. The molecular weight excluding hydrogens is 294 g/mol. The molecular formula is C14H12BrNO2. The highest BCUT2D eigenvalue weighted by Gasteiger charge is 2.06. The number of nitro groups is 1. The van der Waals surface area contributed by atoms with E-state index in [1.807, 2.05) is 6.92 Å². The number of rotatable bonds is 3. The van der Waals surface area contributed by atoms with Crippen LogP contribution in [0.1, 0.15) is 16.7 Å². The number of aryl methyl sites for hydroxylation is 1. The largest absolute Gasteiger partial charge is 0.269 e. The van der Waals surface area contributed by atoms with Crippen LogP contribution in [0.3, 0.4) is 0 Å². The molecule has 0 radical (unpaired) electrons. The average Bonchev–Trinajstić information content (AvgIpc) is 2.33. The summed E-state index contributed by atoms with van der Waals surface area (Å²) in [6, 6.07) is 12.9. The highest BCUT2D eigenvalue weighted by Crippen LogP contribution is 2.22. The summed E-state index contributed by atoms with van der Waals surface area (Å²) in [6.45, 7) is 2.04. The highest BCUT2D eigenvalue weighted by molar-refractivity contribution is 9.10. The van der Waals surface area contributed by atoms with Gasteiger partial charge in [0, 0.05) is 16.6 Å². The van der Waals surface area contributed by atoms with Crippen molar-refractivity contribution in [1.29, 1.82) is 0 Å². The molecule has 0 amide bonds. The fraction of sp³-hybridized carbons (Fsp3) is 0.143. The first-order valence-electron chi connectivity index (χ1n) is 5.54. The van der Waals surface area contributed by atoms with Crippen LogP contribution >= 0.6 is 15.9 Å². The number of non-ortho nitro benzene ring substituents is 1. The topological polar surface area (TPSA) is 43.1 Å². The van der Waals surface area contributed by atoms with Crippen LogP contribution < -0.4 is 0 Å². The molecule has 0 unspecified atom stereocenters. The highest BCUT2D eigenvalue weighted by atomic mass is 79.9. The summed E-state index contributed by atoms with van der Waals surface area (Å²) in [7, 11) is 0. The van der Waals surface area contributed by atoms with Gasteiger partial charge in [0.2, 0.25) is 0 Å². The fourth-order valence-corrected chi connectivity index (χ4v) is 2.38. The zero-order valence-electron chi connectivity index (χ0n) is 9.89. The molecule has 0 saturated heterocycles. The van der Waals surface area contributed by atoms with Gasteiger partial charge >= 0.3 is 0 Å². The minimum atomic E-state index is -0.383. The summed E-state index contributed by atoms with van der Waals surface area (Å²) in [5.41, 5.74) is 3.57. The van der Waals surface area contributed by atoms with Crippen LogP contribution in [-0.2, 0) is 6.42 Å². The zero-order valence-corrected chi connectivity index (χ0v) is 11.5. The van der Waals surface area contributed by atoms with Gasteiger partial charge in [0.1, 0.15) is 0 Å². The molecule has 0 aliphatic heterocycles. The normalized spacial score (nSPS) is 10.3. The van der Waals surface area contributed by atoms with Gasteiger partial charge in [0.15, 0.2) is 0 Å². The Kier molecular flexibility index (Phi) is 3.77. The molecule has 4 heteroatoms.